The zero-order chi connectivity index (χ0) is 22.2. The lowest BCUT2D eigenvalue weighted by atomic mass is 9.93. The minimum absolute atomic E-state index is 0.118. The lowest BCUT2D eigenvalue weighted by molar-refractivity contribution is -0.107. The zero-order valence-electron chi connectivity index (χ0n) is 16.6. The van der Waals surface area contributed by atoms with Gasteiger partial charge in [0.2, 0.25) is 0 Å². The summed E-state index contributed by atoms with van der Waals surface area (Å²) < 4.78 is 25.5. The molecule has 156 valence electrons. The maximum Gasteiger partial charge on any atom is 0.267 e. The number of hydrogen-bond acceptors (Lipinski definition) is 5. The number of carbonyl (C=O) groups excluding carboxylic acids is 1. The van der Waals surface area contributed by atoms with Gasteiger partial charge in [0.1, 0.15) is 23.7 Å². The highest BCUT2D eigenvalue weighted by molar-refractivity contribution is 5.88. The monoisotopic (exact) mass is 404 g/mol. The number of aliphatic hydroxyl groups is 1. The molecule has 0 atom stereocenters. The summed E-state index contributed by atoms with van der Waals surface area (Å²) in [5, 5.41) is 16.0. The highest BCUT2D eigenvalue weighted by Crippen LogP contribution is 2.28. The third-order valence-electron chi connectivity index (χ3n) is 3.85. The summed E-state index contributed by atoms with van der Waals surface area (Å²) in [5.41, 5.74) is 12.1. The average Bonchev–Trinajstić information content (AvgIpc) is 2.62. The number of aldehydes is 1. The summed E-state index contributed by atoms with van der Waals surface area (Å²) in [7, 11) is 0. The maximum absolute atomic E-state index is 12.7. The van der Waals surface area contributed by atoms with Crippen LogP contribution in [0.5, 0.6) is 0 Å². The van der Waals surface area contributed by atoms with E-state index in [0.29, 0.717) is 12.0 Å². The molecular weight excluding hydrogens is 378 g/mol. The minimum Gasteiger partial charge on any atom is -0.512 e. The lowest BCUT2D eigenvalue weighted by Crippen LogP contribution is -2.14. The van der Waals surface area contributed by atoms with Gasteiger partial charge in [-0.15, -0.1) is 0 Å². The molecule has 0 aliphatic carbocycles. The third-order valence-corrected chi connectivity index (χ3v) is 3.85. The Labute approximate surface area is 168 Å². The largest absolute Gasteiger partial charge is 0.512 e. The Morgan fingerprint density at radius 1 is 1.24 bits per heavy atom. The quantitative estimate of drug-likeness (QED) is 0.254. The number of benzene rings is 1. The number of anilines is 1. The number of pyridine rings is 1. The number of nitrogens with one attached hydrogen (secondary N) is 1. The first-order chi connectivity index (χ1) is 13.5. The second kappa shape index (κ2) is 10.3. The Hall–Kier alpha value is -3.29. The molecule has 8 heteroatoms. The molecule has 6 nitrogen and oxygen atoms in total. The summed E-state index contributed by atoms with van der Waals surface area (Å²) in [6.45, 7) is 5.55. The van der Waals surface area contributed by atoms with Gasteiger partial charge in [-0.2, -0.15) is 0 Å². The number of aliphatic hydroxyl groups excluding tert-OH is 1. The first-order valence-corrected chi connectivity index (χ1v) is 8.77. The molecule has 29 heavy (non-hydrogen) atoms. The number of carbonyl (C=O) groups is 1. The van der Waals surface area contributed by atoms with E-state index in [9.17, 15) is 18.7 Å². The van der Waals surface area contributed by atoms with Crippen LogP contribution in [0.25, 0.3) is 11.1 Å². The summed E-state index contributed by atoms with van der Waals surface area (Å²) in [6, 6.07) is 8.43. The van der Waals surface area contributed by atoms with Gasteiger partial charge in [0.15, 0.2) is 0 Å². The molecule has 6 N–H and O–H groups in total. The summed E-state index contributed by atoms with van der Waals surface area (Å²) in [6.07, 6.45) is 1.20. The van der Waals surface area contributed by atoms with E-state index in [2.05, 4.69) is 4.98 Å². The lowest BCUT2D eigenvalue weighted by Gasteiger charge is -2.16. The standard InChI is InChI=1S/C14H12F2N2O.C7H14N2O/c15-13(16)12-7-11(8-18-14(12)17)10-3-1-9(2-4-10)5-6-19;1-7(2,3)5(10)4-6(8)9/h1-4,6-8,13H,5H2,(H2,17,18);4,10H,1-3H3,(H3,8,9)/b;5-4-. The van der Waals surface area contributed by atoms with Gasteiger partial charge in [-0.3, -0.25) is 5.41 Å². The maximum atomic E-state index is 12.7. The van der Waals surface area contributed by atoms with Crippen molar-refractivity contribution >= 4 is 17.9 Å². The van der Waals surface area contributed by atoms with Crippen LogP contribution >= 0.6 is 0 Å². The van der Waals surface area contributed by atoms with E-state index in [-0.39, 0.29) is 28.4 Å². The van der Waals surface area contributed by atoms with Crippen LogP contribution in [0.15, 0.2) is 48.4 Å². The highest BCUT2D eigenvalue weighted by Gasteiger charge is 2.15. The van der Waals surface area contributed by atoms with Crippen LogP contribution in [-0.4, -0.2) is 22.2 Å². The van der Waals surface area contributed by atoms with Crippen LogP contribution in [0, 0.1) is 10.8 Å². The molecular formula is C21H26F2N4O2. The van der Waals surface area contributed by atoms with Gasteiger partial charge >= 0.3 is 0 Å². The molecule has 0 amide bonds. The molecule has 0 radical (unpaired) electrons. The molecule has 0 spiro atoms. The highest BCUT2D eigenvalue weighted by atomic mass is 19.3. The van der Waals surface area contributed by atoms with Crippen LogP contribution in [0.3, 0.4) is 0 Å². The zero-order valence-corrected chi connectivity index (χ0v) is 16.6. The van der Waals surface area contributed by atoms with E-state index in [1.807, 2.05) is 20.8 Å². The Balaban J connectivity index is 0.000000359. The number of nitrogens with zero attached hydrogens (tertiary/aromatic N) is 1. The molecule has 0 unspecified atom stereocenters. The molecule has 0 aliphatic heterocycles. The number of nitrogen functional groups attached to an aromatic ring is 1. The normalized spacial score (nSPS) is 11.6. The van der Waals surface area contributed by atoms with Crippen molar-refractivity contribution in [2.75, 3.05) is 5.73 Å². The number of nitrogens with two attached hydrogens (primary N) is 2. The summed E-state index contributed by atoms with van der Waals surface area (Å²) in [4.78, 5) is 14.2. The fourth-order valence-electron chi connectivity index (χ4n) is 2.12. The van der Waals surface area contributed by atoms with Gasteiger partial charge in [-0.05, 0) is 17.2 Å². The Kier molecular flexibility index (Phi) is 8.44. The molecule has 0 bridgehead atoms. The first kappa shape index (κ1) is 23.7. The predicted octanol–water partition coefficient (Wildman–Crippen LogP) is 4.42. The summed E-state index contributed by atoms with van der Waals surface area (Å²) in [5.74, 6) is -0.135. The number of hydrogen-bond donors (Lipinski definition) is 4. The number of rotatable bonds is 5. The molecule has 1 aromatic heterocycles. The molecule has 0 saturated carbocycles. The Bertz CT molecular complexity index is 873. The Morgan fingerprint density at radius 3 is 2.24 bits per heavy atom. The molecule has 2 rings (SSSR count). The van der Waals surface area contributed by atoms with Gasteiger partial charge in [0.05, 0.1) is 5.56 Å². The second-order valence-corrected chi connectivity index (χ2v) is 7.30. The van der Waals surface area contributed by atoms with Gasteiger partial charge in [-0.1, -0.05) is 45.0 Å². The number of aromatic nitrogens is 1. The van der Waals surface area contributed by atoms with Crippen molar-refractivity contribution in [1.82, 2.24) is 4.98 Å². The van der Waals surface area contributed by atoms with Crippen molar-refractivity contribution in [3.63, 3.8) is 0 Å². The molecule has 0 fully saturated rings. The molecule has 2 aromatic rings. The van der Waals surface area contributed by atoms with Crippen LogP contribution in [0.2, 0.25) is 0 Å². The van der Waals surface area contributed by atoms with Crippen molar-refractivity contribution in [1.29, 1.82) is 5.41 Å². The fraction of sp³-hybridized carbons (Fsp3) is 0.286. The number of halogens is 2. The number of amidine groups is 1. The van der Waals surface area contributed by atoms with Crippen molar-refractivity contribution in [2.45, 2.75) is 33.6 Å². The third kappa shape index (κ3) is 7.69. The number of alkyl halides is 2. The average molecular weight is 404 g/mol. The molecule has 0 saturated heterocycles. The van der Waals surface area contributed by atoms with E-state index < -0.39 is 6.43 Å². The van der Waals surface area contributed by atoms with E-state index in [1.165, 1.54) is 18.3 Å². The van der Waals surface area contributed by atoms with Gasteiger partial charge in [0.25, 0.3) is 6.43 Å². The van der Waals surface area contributed by atoms with Crippen molar-refractivity contribution in [3.05, 3.63) is 59.5 Å². The first-order valence-electron chi connectivity index (χ1n) is 8.77. The van der Waals surface area contributed by atoms with Crippen LogP contribution in [0.4, 0.5) is 14.6 Å². The van der Waals surface area contributed by atoms with Crippen molar-refractivity contribution in [2.24, 2.45) is 11.1 Å². The molecule has 1 aromatic carbocycles. The molecule has 0 aliphatic rings. The van der Waals surface area contributed by atoms with Crippen LogP contribution in [-0.2, 0) is 11.2 Å². The van der Waals surface area contributed by atoms with E-state index in [1.54, 1.807) is 24.3 Å². The van der Waals surface area contributed by atoms with Gasteiger partial charge < -0.3 is 21.4 Å². The van der Waals surface area contributed by atoms with Gasteiger partial charge in [-0.25, -0.2) is 13.8 Å². The minimum atomic E-state index is -2.65. The second-order valence-electron chi connectivity index (χ2n) is 7.30. The van der Waals surface area contributed by atoms with E-state index in [0.717, 1.165) is 17.4 Å². The van der Waals surface area contributed by atoms with Gasteiger partial charge in [0, 0.05) is 29.7 Å². The predicted molar refractivity (Wildman–Crippen MR) is 111 cm³/mol. The van der Waals surface area contributed by atoms with Crippen molar-refractivity contribution in [3.8, 4) is 11.1 Å². The van der Waals surface area contributed by atoms with Crippen LogP contribution < -0.4 is 11.5 Å². The SMILES string of the molecule is CC(C)(C)/C(O)=C/C(=N)N.Nc1ncc(-c2ccc(CC=O)cc2)cc1C(F)F. The molecule has 1 heterocycles. The smallest absolute Gasteiger partial charge is 0.267 e. The summed E-state index contributed by atoms with van der Waals surface area (Å²) >= 11 is 0. The Morgan fingerprint density at radius 2 is 1.83 bits per heavy atom. The fourth-order valence-corrected chi connectivity index (χ4v) is 2.12. The number of allylic oxidation sites excluding steroid dienone is 1. The topological polar surface area (TPSA) is 126 Å². The van der Waals surface area contributed by atoms with E-state index in [4.69, 9.17) is 16.9 Å². The van der Waals surface area contributed by atoms with E-state index >= 15 is 0 Å². The van der Waals surface area contributed by atoms with Crippen molar-refractivity contribution < 1.29 is 18.7 Å². The van der Waals surface area contributed by atoms with Crippen LogP contribution in [0.1, 0.15) is 38.3 Å².